The zero-order valence-electron chi connectivity index (χ0n) is 19.1. The predicted molar refractivity (Wildman–Crippen MR) is 128 cm³/mol. The highest BCUT2D eigenvalue weighted by Crippen LogP contribution is 2.33. The van der Waals surface area contributed by atoms with Crippen molar-refractivity contribution in [3.05, 3.63) is 82.7 Å². The number of rotatable bonds is 7. The number of aromatic nitrogens is 2. The van der Waals surface area contributed by atoms with Gasteiger partial charge in [-0.1, -0.05) is 12.1 Å². The molecular formula is C25H24F3N5O2. The van der Waals surface area contributed by atoms with Crippen LogP contribution in [0.5, 0.6) is 5.75 Å². The van der Waals surface area contributed by atoms with Crippen molar-refractivity contribution in [3.63, 3.8) is 0 Å². The summed E-state index contributed by atoms with van der Waals surface area (Å²) < 4.78 is 45.6. The second-order valence-electron chi connectivity index (χ2n) is 7.97. The first-order valence-corrected chi connectivity index (χ1v) is 10.8. The van der Waals surface area contributed by atoms with Gasteiger partial charge in [0, 0.05) is 48.0 Å². The molecule has 4 rings (SSSR count). The van der Waals surface area contributed by atoms with Gasteiger partial charge in [-0.05, 0) is 48.4 Å². The number of nitrogens with one attached hydrogen (secondary N) is 3. The van der Waals surface area contributed by atoms with Crippen molar-refractivity contribution in [3.8, 4) is 5.75 Å². The Kier molecular flexibility index (Phi) is 6.65. The number of pyridine rings is 1. The third-order valence-corrected chi connectivity index (χ3v) is 5.68. The van der Waals surface area contributed by atoms with Crippen LogP contribution in [-0.4, -0.2) is 23.0 Å². The molecule has 0 aliphatic heterocycles. The van der Waals surface area contributed by atoms with Crippen LogP contribution in [0.1, 0.15) is 32.6 Å². The zero-order valence-corrected chi connectivity index (χ0v) is 19.1. The summed E-state index contributed by atoms with van der Waals surface area (Å²) in [7, 11) is 1.59. The molecule has 5 N–H and O–H groups in total. The number of nitrogens with zero attached hydrogens (tertiary/aromatic N) is 1. The Morgan fingerprint density at radius 3 is 2.66 bits per heavy atom. The number of aryl methyl sites for hydroxylation is 1. The minimum atomic E-state index is -4.61. The van der Waals surface area contributed by atoms with Crippen LogP contribution in [-0.2, 0) is 19.3 Å². The molecule has 0 spiro atoms. The highest BCUT2D eigenvalue weighted by molar-refractivity contribution is 6.04. The Bertz CT molecular complexity index is 1380. The fourth-order valence-corrected chi connectivity index (χ4v) is 3.84. The summed E-state index contributed by atoms with van der Waals surface area (Å²) in [5, 5.41) is 6.84. The van der Waals surface area contributed by atoms with Crippen molar-refractivity contribution in [2.45, 2.75) is 26.2 Å². The maximum atomic E-state index is 13.3. The summed E-state index contributed by atoms with van der Waals surface area (Å²) >= 11 is 0. The molecule has 0 bridgehead atoms. The Labute approximate surface area is 199 Å². The maximum Gasteiger partial charge on any atom is 0.416 e. The van der Waals surface area contributed by atoms with E-state index in [1.165, 1.54) is 12.1 Å². The number of alkyl halides is 3. The largest absolute Gasteiger partial charge is 0.496 e. The number of hydrogen-bond acceptors (Lipinski definition) is 5. The fourth-order valence-electron chi connectivity index (χ4n) is 3.84. The molecule has 0 atom stereocenters. The topological polar surface area (TPSA) is 105 Å². The normalized spacial score (nSPS) is 11.5. The van der Waals surface area contributed by atoms with E-state index in [2.05, 4.69) is 20.6 Å². The Hall–Kier alpha value is -4.05. The van der Waals surface area contributed by atoms with Crippen LogP contribution in [0.4, 0.5) is 24.5 Å². The summed E-state index contributed by atoms with van der Waals surface area (Å²) in [6.45, 7) is 2.03. The first kappa shape index (κ1) is 24.1. The molecule has 4 aromatic rings. The van der Waals surface area contributed by atoms with E-state index in [1.807, 2.05) is 13.0 Å². The van der Waals surface area contributed by atoms with E-state index < -0.39 is 17.6 Å². The number of benzene rings is 2. The first-order valence-electron chi connectivity index (χ1n) is 10.8. The van der Waals surface area contributed by atoms with Crippen LogP contribution in [0.25, 0.3) is 11.0 Å². The summed E-state index contributed by atoms with van der Waals surface area (Å²) in [6, 6.07) is 10.5. The van der Waals surface area contributed by atoms with Crippen LogP contribution in [0.15, 0.2) is 54.9 Å². The lowest BCUT2D eigenvalue weighted by molar-refractivity contribution is -0.138. The molecule has 35 heavy (non-hydrogen) atoms. The zero-order chi connectivity index (χ0) is 25.2. The van der Waals surface area contributed by atoms with Crippen molar-refractivity contribution in [2.75, 3.05) is 17.7 Å². The minimum Gasteiger partial charge on any atom is -0.496 e. The van der Waals surface area contributed by atoms with Gasteiger partial charge in [-0.2, -0.15) is 13.2 Å². The van der Waals surface area contributed by atoms with Gasteiger partial charge in [-0.3, -0.25) is 4.79 Å². The van der Waals surface area contributed by atoms with Crippen LogP contribution >= 0.6 is 0 Å². The number of carbonyl (C=O) groups is 1. The lowest BCUT2D eigenvalue weighted by Gasteiger charge is -2.15. The van der Waals surface area contributed by atoms with E-state index in [9.17, 15) is 18.0 Å². The molecule has 0 aliphatic rings. The number of halogens is 3. The average molecular weight is 483 g/mol. The quantitative estimate of drug-likeness (QED) is 0.288. The Balaban J connectivity index is 1.53. The number of fused-ring (bicyclic) bond motifs is 1. The summed E-state index contributed by atoms with van der Waals surface area (Å²) in [5.74, 6) is 0.0462. The Morgan fingerprint density at radius 2 is 1.94 bits per heavy atom. The molecule has 2 aromatic heterocycles. The molecule has 0 fully saturated rings. The Morgan fingerprint density at radius 1 is 1.14 bits per heavy atom. The van der Waals surface area contributed by atoms with E-state index in [4.69, 9.17) is 10.5 Å². The number of amides is 1. The van der Waals surface area contributed by atoms with Crippen LogP contribution < -0.4 is 21.1 Å². The number of aromatic amines is 1. The number of H-pyrrole nitrogens is 1. The van der Waals surface area contributed by atoms with E-state index in [0.717, 1.165) is 33.9 Å². The van der Waals surface area contributed by atoms with Crippen LogP contribution in [0.2, 0.25) is 0 Å². The van der Waals surface area contributed by atoms with Crippen molar-refractivity contribution in [1.29, 1.82) is 0 Å². The molecule has 0 radical (unpaired) electrons. The number of ether oxygens (including phenoxy) is 1. The molecule has 2 heterocycles. The van der Waals surface area contributed by atoms with Crippen LogP contribution in [0.3, 0.4) is 0 Å². The maximum absolute atomic E-state index is 13.3. The average Bonchev–Trinajstić information content (AvgIpc) is 3.32. The highest BCUT2D eigenvalue weighted by atomic mass is 19.4. The number of hydrogen-bond donors (Lipinski definition) is 4. The van der Waals surface area contributed by atoms with Crippen molar-refractivity contribution in [1.82, 2.24) is 9.97 Å². The third-order valence-electron chi connectivity index (χ3n) is 5.68. The van der Waals surface area contributed by atoms with Crippen molar-refractivity contribution >= 4 is 28.3 Å². The lowest BCUT2D eigenvalue weighted by Crippen LogP contribution is -2.17. The van der Waals surface area contributed by atoms with Gasteiger partial charge in [0.05, 0.1) is 18.1 Å². The van der Waals surface area contributed by atoms with Crippen LogP contribution in [0, 0.1) is 6.92 Å². The standard InChI is InChI=1S/C25H24F3N5O2/c1-14-3-6-18(33-24(34)15-4-5-16(11-29)20(9-15)25(26,27)28)10-21(14)31-12-17-13-32-23-19(7-8-30-23)22(17)35-2/h3-10,13,31H,11-12,29H2,1-2H3,(H,30,32)(H,33,34). The molecule has 0 saturated carbocycles. The van der Waals surface area contributed by atoms with Gasteiger partial charge in [0.25, 0.3) is 5.91 Å². The molecule has 0 saturated heterocycles. The summed E-state index contributed by atoms with van der Waals surface area (Å²) in [5.41, 5.74) is 7.98. The van der Waals surface area contributed by atoms with Gasteiger partial charge in [-0.15, -0.1) is 0 Å². The smallest absolute Gasteiger partial charge is 0.416 e. The summed E-state index contributed by atoms with van der Waals surface area (Å²) in [4.78, 5) is 20.1. The van der Waals surface area contributed by atoms with Crippen molar-refractivity contribution in [2.24, 2.45) is 5.73 Å². The van der Waals surface area contributed by atoms with Gasteiger partial charge in [-0.25, -0.2) is 4.98 Å². The van der Waals surface area contributed by atoms with Crippen molar-refractivity contribution < 1.29 is 22.7 Å². The first-order chi connectivity index (χ1) is 16.7. The molecule has 0 aliphatic carbocycles. The SMILES string of the molecule is COc1c(CNc2cc(NC(=O)c3ccc(CN)c(C(F)(F)F)c3)ccc2C)cnc2[nH]ccc12. The number of nitrogens with two attached hydrogens (primary N) is 1. The molecule has 10 heteroatoms. The molecule has 0 unspecified atom stereocenters. The molecule has 2 aromatic carbocycles. The second kappa shape index (κ2) is 9.67. The summed E-state index contributed by atoms with van der Waals surface area (Å²) in [6.07, 6.45) is -1.10. The number of methoxy groups -OCH3 is 1. The number of anilines is 2. The van der Waals surface area contributed by atoms with E-state index in [-0.39, 0.29) is 17.7 Å². The molecule has 7 nitrogen and oxygen atoms in total. The highest BCUT2D eigenvalue weighted by Gasteiger charge is 2.33. The van der Waals surface area contributed by atoms with E-state index in [0.29, 0.717) is 18.0 Å². The molecular weight excluding hydrogens is 459 g/mol. The van der Waals surface area contributed by atoms with E-state index in [1.54, 1.807) is 37.7 Å². The van der Waals surface area contributed by atoms with Gasteiger partial charge < -0.3 is 26.1 Å². The monoisotopic (exact) mass is 483 g/mol. The van der Waals surface area contributed by atoms with Gasteiger partial charge in [0.15, 0.2) is 0 Å². The van der Waals surface area contributed by atoms with Gasteiger partial charge >= 0.3 is 6.18 Å². The minimum absolute atomic E-state index is 0.0707. The predicted octanol–water partition coefficient (Wildman–Crippen LogP) is 5.22. The van der Waals surface area contributed by atoms with Gasteiger partial charge in [0.1, 0.15) is 11.4 Å². The third kappa shape index (κ3) is 5.07. The second-order valence-corrected chi connectivity index (χ2v) is 7.97. The lowest BCUT2D eigenvalue weighted by atomic mass is 10.0. The fraction of sp³-hybridized carbons (Fsp3) is 0.200. The van der Waals surface area contributed by atoms with E-state index >= 15 is 0 Å². The van der Waals surface area contributed by atoms with Gasteiger partial charge in [0.2, 0.25) is 0 Å². The number of carbonyl (C=O) groups excluding carboxylic acids is 1. The molecule has 1 amide bonds. The molecule has 182 valence electrons.